The maximum Gasteiger partial charge on any atom is 0.247 e. The summed E-state index contributed by atoms with van der Waals surface area (Å²) < 4.78 is 0. The molecule has 3 aromatic rings. The number of hydrogen-bond acceptors (Lipinski definition) is 6. The lowest BCUT2D eigenvalue weighted by Gasteiger charge is -2.14. The van der Waals surface area contributed by atoms with Gasteiger partial charge in [-0.15, -0.1) is 5.10 Å². The Kier molecular flexibility index (Phi) is 4.44. The summed E-state index contributed by atoms with van der Waals surface area (Å²) in [7, 11) is 0. The highest BCUT2D eigenvalue weighted by molar-refractivity contribution is 8.00. The van der Waals surface area contributed by atoms with Crippen molar-refractivity contribution in [3.8, 4) is 11.4 Å². The highest BCUT2D eigenvalue weighted by Crippen LogP contribution is 2.33. The van der Waals surface area contributed by atoms with E-state index < -0.39 is 5.25 Å². The van der Waals surface area contributed by atoms with Gasteiger partial charge in [0, 0.05) is 29.4 Å². The molecule has 2 aromatic heterocycles. The maximum absolute atomic E-state index is 12.7. The van der Waals surface area contributed by atoms with E-state index in [-0.39, 0.29) is 18.2 Å². The number of halogens is 1. The quantitative estimate of drug-likeness (QED) is 0.694. The van der Waals surface area contributed by atoms with Gasteiger partial charge in [-0.1, -0.05) is 23.4 Å². The number of amides is 2. The molecule has 0 radical (unpaired) electrons. The maximum atomic E-state index is 12.7. The van der Waals surface area contributed by atoms with E-state index in [9.17, 15) is 9.59 Å². The normalized spacial score (nSPS) is 17.1. The smallest absolute Gasteiger partial charge is 0.247 e. The third kappa shape index (κ3) is 3.21. The number of benzene rings is 1. The number of hydrogen-bond donors (Lipinski definition) is 1. The summed E-state index contributed by atoms with van der Waals surface area (Å²) >= 11 is 7.04. The highest BCUT2D eigenvalue weighted by Gasteiger charge is 2.40. The van der Waals surface area contributed by atoms with Crippen LogP contribution in [0.5, 0.6) is 0 Å². The first-order valence-electron chi connectivity index (χ1n) is 7.73. The number of aromatic nitrogens is 4. The Morgan fingerprint density at radius 3 is 2.58 bits per heavy atom. The van der Waals surface area contributed by atoms with Crippen LogP contribution in [0.1, 0.15) is 6.42 Å². The Morgan fingerprint density at radius 1 is 1.12 bits per heavy atom. The van der Waals surface area contributed by atoms with Gasteiger partial charge in [-0.3, -0.25) is 19.7 Å². The van der Waals surface area contributed by atoms with Crippen molar-refractivity contribution in [1.82, 2.24) is 20.2 Å². The van der Waals surface area contributed by atoms with Crippen molar-refractivity contribution >= 4 is 40.9 Å². The van der Waals surface area contributed by atoms with E-state index in [2.05, 4.69) is 20.2 Å². The molecule has 3 heterocycles. The minimum atomic E-state index is -0.556. The van der Waals surface area contributed by atoms with Crippen molar-refractivity contribution in [3.05, 3.63) is 53.8 Å². The van der Waals surface area contributed by atoms with Crippen LogP contribution in [0.15, 0.2) is 53.9 Å². The largest absolute Gasteiger partial charge is 0.274 e. The molecule has 1 aliphatic heterocycles. The van der Waals surface area contributed by atoms with Gasteiger partial charge in [0.1, 0.15) is 5.25 Å². The molecule has 1 atom stereocenters. The molecule has 1 fully saturated rings. The second-order valence-corrected chi connectivity index (χ2v) is 7.16. The Bertz CT molecular complexity index is 961. The molecule has 1 aliphatic rings. The third-order valence-corrected chi connectivity index (χ3v) is 5.15. The van der Waals surface area contributed by atoms with Crippen LogP contribution in [0.25, 0.3) is 11.4 Å². The van der Waals surface area contributed by atoms with Crippen molar-refractivity contribution in [2.45, 2.75) is 16.8 Å². The number of carbonyl (C=O) groups excluding carboxylic acids is 2. The van der Waals surface area contributed by atoms with Crippen LogP contribution in [0, 0.1) is 0 Å². The molecule has 1 N–H and O–H groups in total. The molecule has 130 valence electrons. The van der Waals surface area contributed by atoms with E-state index in [1.165, 1.54) is 16.7 Å². The van der Waals surface area contributed by atoms with Gasteiger partial charge < -0.3 is 0 Å². The van der Waals surface area contributed by atoms with Crippen molar-refractivity contribution in [2.75, 3.05) is 4.90 Å². The first kappa shape index (κ1) is 16.7. The van der Waals surface area contributed by atoms with E-state index in [4.69, 9.17) is 11.6 Å². The molecule has 2 amide bonds. The van der Waals surface area contributed by atoms with E-state index >= 15 is 0 Å². The van der Waals surface area contributed by atoms with Crippen LogP contribution in [-0.4, -0.2) is 37.2 Å². The summed E-state index contributed by atoms with van der Waals surface area (Å²) in [6.45, 7) is 0. The number of H-pyrrole nitrogens is 1. The monoisotopic (exact) mass is 385 g/mol. The minimum Gasteiger partial charge on any atom is -0.274 e. The average Bonchev–Trinajstić information content (AvgIpc) is 3.22. The van der Waals surface area contributed by atoms with Gasteiger partial charge in [0.15, 0.2) is 5.82 Å². The van der Waals surface area contributed by atoms with E-state index in [0.29, 0.717) is 21.7 Å². The Morgan fingerprint density at radius 2 is 1.85 bits per heavy atom. The van der Waals surface area contributed by atoms with Gasteiger partial charge in [-0.25, -0.2) is 9.88 Å². The number of nitrogens with one attached hydrogen (secondary N) is 1. The van der Waals surface area contributed by atoms with E-state index in [0.717, 1.165) is 5.56 Å². The van der Waals surface area contributed by atoms with Crippen LogP contribution < -0.4 is 4.90 Å². The SMILES string of the molecule is O=C1CC(Sc2n[nH]c(-c3ccncc3)n2)C(=O)N1c1ccc(Cl)cc1. The van der Waals surface area contributed by atoms with Gasteiger partial charge in [0.25, 0.3) is 0 Å². The van der Waals surface area contributed by atoms with Gasteiger partial charge >= 0.3 is 0 Å². The zero-order valence-corrected chi connectivity index (χ0v) is 14.9. The van der Waals surface area contributed by atoms with Gasteiger partial charge in [0.2, 0.25) is 17.0 Å². The fourth-order valence-electron chi connectivity index (χ4n) is 2.62. The Balaban J connectivity index is 1.51. The van der Waals surface area contributed by atoms with Crippen LogP contribution in [0.2, 0.25) is 5.02 Å². The summed E-state index contributed by atoms with van der Waals surface area (Å²) in [6.07, 6.45) is 3.42. The van der Waals surface area contributed by atoms with Gasteiger partial charge in [-0.05, 0) is 36.4 Å². The second kappa shape index (κ2) is 6.89. The highest BCUT2D eigenvalue weighted by atomic mass is 35.5. The lowest BCUT2D eigenvalue weighted by Crippen LogP contribution is -2.31. The Labute approximate surface area is 157 Å². The molecular weight excluding hydrogens is 374 g/mol. The zero-order valence-electron chi connectivity index (χ0n) is 13.3. The topological polar surface area (TPSA) is 91.8 Å². The van der Waals surface area contributed by atoms with Gasteiger partial charge in [-0.2, -0.15) is 0 Å². The van der Waals surface area contributed by atoms with Crippen LogP contribution >= 0.6 is 23.4 Å². The molecule has 26 heavy (non-hydrogen) atoms. The number of rotatable bonds is 4. The summed E-state index contributed by atoms with van der Waals surface area (Å²) in [5.74, 6) is 0.0542. The Hall–Kier alpha value is -2.71. The molecule has 4 rings (SSSR count). The minimum absolute atomic E-state index is 0.102. The molecule has 7 nitrogen and oxygen atoms in total. The van der Waals surface area contributed by atoms with Crippen molar-refractivity contribution in [2.24, 2.45) is 0 Å². The summed E-state index contributed by atoms with van der Waals surface area (Å²) in [4.78, 5) is 34.5. The number of anilines is 1. The predicted octanol–water partition coefficient (Wildman–Crippen LogP) is 2.94. The van der Waals surface area contributed by atoms with Crippen molar-refractivity contribution in [1.29, 1.82) is 0 Å². The van der Waals surface area contributed by atoms with Crippen molar-refractivity contribution < 1.29 is 9.59 Å². The molecule has 1 unspecified atom stereocenters. The second-order valence-electron chi connectivity index (χ2n) is 5.56. The lowest BCUT2D eigenvalue weighted by molar-refractivity contribution is -0.121. The lowest BCUT2D eigenvalue weighted by atomic mass is 10.3. The molecule has 9 heteroatoms. The molecular formula is C17H12ClN5O2S. The molecule has 0 saturated carbocycles. The zero-order chi connectivity index (χ0) is 18.1. The molecule has 1 aromatic carbocycles. The summed E-state index contributed by atoms with van der Waals surface area (Å²) in [5, 5.41) is 7.37. The number of thioether (sulfide) groups is 1. The summed E-state index contributed by atoms with van der Waals surface area (Å²) in [6, 6.07) is 10.2. The molecule has 0 bridgehead atoms. The predicted molar refractivity (Wildman–Crippen MR) is 97.8 cm³/mol. The first-order valence-corrected chi connectivity index (χ1v) is 8.99. The average molecular weight is 386 g/mol. The van der Waals surface area contributed by atoms with E-state index in [1.807, 2.05) is 12.1 Å². The van der Waals surface area contributed by atoms with Gasteiger partial charge in [0.05, 0.1) is 5.69 Å². The van der Waals surface area contributed by atoms with Crippen LogP contribution in [0.4, 0.5) is 5.69 Å². The number of imide groups is 1. The number of carbonyl (C=O) groups is 2. The third-order valence-electron chi connectivity index (χ3n) is 3.86. The molecule has 1 saturated heterocycles. The molecule has 0 spiro atoms. The molecule has 0 aliphatic carbocycles. The number of aromatic amines is 1. The first-order chi connectivity index (χ1) is 12.6. The fraction of sp³-hybridized carbons (Fsp3) is 0.118. The van der Waals surface area contributed by atoms with E-state index in [1.54, 1.807) is 36.7 Å². The van der Waals surface area contributed by atoms with Crippen LogP contribution in [0.3, 0.4) is 0 Å². The number of pyridine rings is 1. The van der Waals surface area contributed by atoms with Crippen molar-refractivity contribution in [3.63, 3.8) is 0 Å². The number of nitrogens with zero attached hydrogens (tertiary/aromatic N) is 4. The standard InChI is InChI=1S/C17H12ClN5O2S/c18-11-1-3-12(4-2-11)23-14(24)9-13(16(23)25)26-17-20-15(21-22-17)10-5-7-19-8-6-10/h1-8,13H,9H2,(H,20,21,22). The fourth-order valence-corrected chi connectivity index (χ4v) is 3.68. The summed E-state index contributed by atoms with van der Waals surface area (Å²) in [5.41, 5.74) is 1.36. The van der Waals surface area contributed by atoms with Crippen LogP contribution in [-0.2, 0) is 9.59 Å².